The zero-order valence-corrected chi connectivity index (χ0v) is 12.8. The lowest BCUT2D eigenvalue weighted by molar-refractivity contribution is 1.48. The Balaban J connectivity index is 1.95. The van der Waals surface area contributed by atoms with Crippen molar-refractivity contribution in [1.82, 2.24) is 0 Å². The highest BCUT2D eigenvalue weighted by Gasteiger charge is 2.25. The van der Waals surface area contributed by atoms with Crippen LogP contribution < -0.4 is 15.7 Å². The Labute approximate surface area is 126 Å². The van der Waals surface area contributed by atoms with Crippen LogP contribution in [0.1, 0.15) is 5.56 Å². The van der Waals surface area contributed by atoms with Gasteiger partial charge in [0.1, 0.15) is 0 Å². The first-order valence-electron chi connectivity index (χ1n) is 7.15. The van der Waals surface area contributed by atoms with E-state index in [2.05, 4.69) is 84.8 Å². The van der Waals surface area contributed by atoms with Gasteiger partial charge in [0.05, 0.1) is 8.07 Å². The highest BCUT2D eigenvalue weighted by atomic mass is 31.1. The van der Waals surface area contributed by atoms with E-state index >= 15 is 0 Å². The third-order valence-corrected chi connectivity index (χ3v) is 5.99. The van der Waals surface area contributed by atoms with Crippen molar-refractivity contribution < 1.29 is 0 Å². The minimum absolute atomic E-state index is 0.535. The second-order valence-corrected chi connectivity index (χ2v) is 7.24. The maximum Gasteiger partial charge on any atom is 0.0529 e. The van der Waals surface area contributed by atoms with E-state index < -0.39 is 8.07 Å². The van der Waals surface area contributed by atoms with Crippen LogP contribution in [-0.2, 0) is 0 Å². The molecule has 0 bridgehead atoms. The molecule has 0 saturated heterocycles. The normalized spacial score (nSPS) is 15.8. The number of aryl methyl sites for hydroxylation is 1. The van der Waals surface area contributed by atoms with Gasteiger partial charge in [-0.05, 0) is 24.6 Å². The Morgan fingerprint density at radius 1 is 0.762 bits per heavy atom. The van der Waals surface area contributed by atoms with Gasteiger partial charge in [0.25, 0.3) is 0 Å². The maximum absolute atomic E-state index is 3.76. The molecule has 0 radical (unpaired) electrons. The summed E-state index contributed by atoms with van der Waals surface area (Å²) in [6.45, 7) is 2.17. The summed E-state index contributed by atoms with van der Waals surface area (Å²) >= 11 is 0. The molecule has 0 aliphatic carbocycles. The Morgan fingerprint density at radius 3 is 2.38 bits per heavy atom. The fraction of sp³-hybridized carbons (Fsp3) is 0.0526. The fourth-order valence-electron chi connectivity index (χ4n) is 2.83. The van der Waals surface area contributed by atoms with Gasteiger partial charge in [0, 0.05) is 21.9 Å². The summed E-state index contributed by atoms with van der Waals surface area (Å²) in [6, 6.07) is 26.2. The van der Waals surface area contributed by atoms with E-state index in [1.165, 1.54) is 33.0 Å². The number of rotatable bonds is 1. The van der Waals surface area contributed by atoms with Crippen LogP contribution in [0.5, 0.6) is 0 Å². The molecule has 1 nitrogen and oxygen atoms in total. The molecule has 102 valence electrons. The van der Waals surface area contributed by atoms with Crippen LogP contribution in [-0.4, -0.2) is 0 Å². The summed E-state index contributed by atoms with van der Waals surface area (Å²) in [5.41, 5.74) is 5.23. The van der Waals surface area contributed by atoms with E-state index in [1.807, 2.05) is 0 Å². The number of hydrogen-bond acceptors (Lipinski definition) is 1. The molecular formula is C19H16NP. The number of nitrogens with one attached hydrogen (secondary N) is 1. The molecule has 1 atom stereocenters. The van der Waals surface area contributed by atoms with Crippen LogP contribution in [0, 0.1) is 6.92 Å². The van der Waals surface area contributed by atoms with Gasteiger partial charge >= 0.3 is 0 Å². The molecule has 0 spiro atoms. The summed E-state index contributed by atoms with van der Waals surface area (Å²) in [5.74, 6) is 0. The minimum atomic E-state index is -0.535. The molecule has 2 heteroatoms. The zero-order chi connectivity index (χ0) is 14.2. The molecule has 1 aliphatic rings. The van der Waals surface area contributed by atoms with E-state index in [-0.39, 0.29) is 0 Å². The maximum atomic E-state index is 3.76. The van der Waals surface area contributed by atoms with Gasteiger partial charge in [-0.2, -0.15) is 0 Å². The second-order valence-electron chi connectivity index (χ2n) is 5.35. The molecule has 1 N–H and O–H groups in total. The van der Waals surface area contributed by atoms with E-state index in [4.69, 9.17) is 0 Å². The lowest BCUT2D eigenvalue weighted by Crippen LogP contribution is -2.23. The first-order valence-corrected chi connectivity index (χ1v) is 8.49. The van der Waals surface area contributed by atoms with Gasteiger partial charge in [0.2, 0.25) is 0 Å². The van der Waals surface area contributed by atoms with Crippen molar-refractivity contribution in [3.8, 4) is 11.1 Å². The monoisotopic (exact) mass is 289 g/mol. The molecular weight excluding hydrogens is 273 g/mol. The average Bonchev–Trinajstić information content (AvgIpc) is 2.54. The highest BCUT2D eigenvalue weighted by molar-refractivity contribution is 7.74. The summed E-state index contributed by atoms with van der Waals surface area (Å²) in [7, 11) is -0.535. The second kappa shape index (κ2) is 5.02. The standard InChI is InChI=1S/C19H16NP/c1-14-11-12-17-16-9-5-6-10-18(16)20-21(19(17)13-14)15-7-3-2-4-8-15/h2-13,20H,1H3. The van der Waals surface area contributed by atoms with Gasteiger partial charge in [0.15, 0.2) is 0 Å². The van der Waals surface area contributed by atoms with E-state index in [0.29, 0.717) is 0 Å². The average molecular weight is 289 g/mol. The summed E-state index contributed by atoms with van der Waals surface area (Å²) in [5, 5.41) is 6.56. The van der Waals surface area contributed by atoms with Gasteiger partial charge in [-0.15, -0.1) is 0 Å². The number of hydrogen-bond donors (Lipinski definition) is 1. The van der Waals surface area contributed by atoms with E-state index in [1.54, 1.807) is 0 Å². The Bertz CT molecular complexity index is 796. The number of para-hydroxylation sites is 1. The third kappa shape index (κ3) is 2.14. The van der Waals surface area contributed by atoms with Crippen molar-refractivity contribution in [1.29, 1.82) is 0 Å². The summed E-state index contributed by atoms with van der Waals surface area (Å²) in [6.07, 6.45) is 0. The Morgan fingerprint density at radius 2 is 1.52 bits per heavy atom. The van der Waals surface area contributed by atoms with Gasteiger partial charge in [-0.3, -0.25) is 0 Å². The predicted molar refractivity (Wildman–Crippen MR) is 92.9 cm³/mol. The molecule has 0 amide bonds. The Hall–Kier alpha value is -2.11. The van der Waals surface area contributed by atoms with Gasteiger partial charge < -0.3 is 5.09 Å². The van der Waals surface area contributed by atoms with Crippen LogP contribution in [0.15, 0.2) is 72.8 Å². The smallest absolute Gasteiger partial charge is 0.0529 e. The lowest BCUT2D eigenvalue weighted by Gasteiger charge is -2.30. The summed E-state index contributed by atoms with van der Waals surface area (Å²) in [4.78, 5) is 0. The van der Waals surface area contributed by atoms with Crippen LogP contribution in [0.2, 0.25) is 0 Å². The van der Waals surface area contributed by atoms with Crippen LogP contribution >= 0.6 is 8.07 Å². The van der Waals surface area contributed by atoms with E-state index in [0.717, 1.165) is 0 Å². The SMILES string of the molecule is Cc1ccc2c(c1)P(c1ccccc1)Nc1ccccc1-2. The van der Waals surface area contributed by atoms with Crippen molar-refractivity contribution in [3.63, 3.8) is 0 Å². The molecule has 4 rings (SSSR count). The van der Waals surface area contributed by atoms with Crippen molar-refractivity contribution >= 4 is 24.4 Å². The molecule has 0 fully saturated rings. The van der Waals surface area contributed by atoms with Gasteiger partial charge in [-0.1, -0.05) is 66.2 Å². The fourth-order valence-corrected chi connectivity index (χ4v) is 5.03. The molecule has 1 unspecified atom stereocenters. The van der Waals surface area contributed by atoms with Gasteiger partial charge in [-0.25, -0.2) is 0 Å². The van der Waals surface area contributed by atoms with E-state index in [9.17, 15) is 0 Å². The predicted octanol–water partition coefficient (Wildman–Crippen LogP) is 4.44. The molecule has 0 aromatic heterocycles. The molecule has 0 saturated carbocycles. The van der Waals surface area contributed by atoms with Crippen molar-refractivity contribution in [2.75, 3.05) is 5.09 Å². The quantitative estimate of drug-likeness (QED) is 0.653. The molecule has 1 aliphatic heterocycles. The number of fused-ring (bicyclic) bond motifs is 3. The van der Waals surface area contributed by atoms with Crippen molar-refractivity contribution in [3.05, 3.63) is 78.4 Å². The largest absolute Gasteiger partial charge is 0.356 e. The first-order chi connectivity index (χ1) is 10.3. The number of anilines is 1. The number of benzene rings is 3. The zero-order valence-electron chi connectivity index (χ0n) is 11.9. The highest BCUT2D eigenvalue weighted by Crippen LogP contribution is 2.46. The molecule has 1 heterocycles. The van der Waals surface area contributed by atoms with Crippen LogP contribution in [0.4, 0.5) is 5.69 Å². The van der Waals surface area contributed by atoms with Crippen molar-refractivity contribution in [2.24, 2.45) is 0 Å². The molecule has 21 heavy (non-hydrogen) atoms. The topological polar surface area (TPSA) is 12.0 Å². The van der Waals surface area contributed by atoms with Crippen molar-refractivity contribution in [2.45, 2.75) is 6.92 Å². The molecule has 3 aromatic carbocycles. The minimum Gasteiger partial charge on any atom is -0.356 e. The Kier molecular flexibility index (Phi) is 3.02. The van der Waals surface area contributed by atoms with Crippen LogP contribution in [0.25, 0.3) is 11.1 Å². The summed E-state index contributed by atoms with van der Waals surface area (Å²) < 4.78 is 0. The lowest BCUT2D eigenvalue weighted by atomic mass is 10.0. The molecule has 3 aromatic rings. The van der Waals surface area contributed by atoms with Crippen LogP contribution in [0.3, 0.4) is 0 Å². The first kappa shape index (κ1) is 12.6. The third-order valence-electron chi connectivity index (χ3n) is 3.86.